The van der Waals surface area contributed by atoms with Crippen LogP contribution in [0.4, 0.5) is 0 Å². The first kappa shape index (κ1) is 19.7. The fraction of sp³-hybridized carbons (Fsp3) is 0.200. The fourth-order valence-electron chi connectivity index (χ4n) is 2.76. The topological polar surface area (TPSA) is 49.8 Å². The monoisotopic (exact) mass is 419 g/mol. The molecule has 2 aromatic carbocycles. The number of phenols is 1. The molecule has 140 valence electrons. The molecule has 0 unspecified atom stereocenters. The standard InChI is InChI=1S/C20H18ClNO3S2/c1-25-16-11-14(10-15(21)18(16)23)12-17-19(24)22(20(26)27-17)9-5-8-13-6-3-2-4-7-13/h2-4,6-7,10-12,23H,5,8-9H2,1H3/b17-12-. The molecule has 27 heavy (non-hydrogen) atoms. The maximum atomic E-state index is 12.7. The van der Waals surface area contributed by atoms with Crippen LogP contribution >= 0.6 is 35.6 Å². The Morgan fingerprint density at radius 1 is 1.30 bits per heavy atom. The summed E-state index contributed by atoms with van der Waals surface area (Å²) in [7, 11) is 1.45. The molecule has 0 radical (unpaired) electrons. The van der Waals surface area contributed by atoms with E-state index in [0.29, 0.717) is 21.3 Å². The highest BCUT2D eigenvalue weighted by Crippen LogP contribution is 2.38. The zero-order chi connectivity index (χ0) is 19.4. The summed E-state index contributed by atoms with van der Waals surface area (Å²) in [6.07, 6.45) is 3.44. The number of methoxy groups -OCH3 is 1. The molecule has 0 aliphatic carbocycles. The van der Waals surface area contributed by atoms with Gasteiger partial charge in [-0.05, 0) is 42.2 Å². The Morgan fingerprint density at radius 2 is 2.04 bits per heavy atom. The highest BCUT2D eigenvalue weighted by Gasteiger charge is 2.31. The molecule has 1 aliphatic rings. The summed E-state index contributed by atoms with van der Waals surface area (Å²) < 4.78 is 5.66. The van der Waals surface area contributed by atoms with Crippen LogP contribution in [-0.2, 0) is 11.2 Å². The molecule has 3 rings (SSSR count). The highest BCUT2D eigenvalue weighted by atomic mass is 35.5. The van der Waals surface area contributed by atoms with Gasteiger partial charge >= 0.3 is 0 Å². The van der Waals surface area contributed by atoms with Crippen molar-refractivity contribution in [3.8, 4) is 11.5 Å². The Labute approximate surface area is 172 Å². The van der Waals surface area contributed by atoms with Crippen molar-refractivity contribution in [2.24, 2.45) is 0 Å². The van der Waals surface area contributed by atoms with Crippen molar-refractivity contribution >= 4 is 51.9 Å². The molecule has 1 fully saturated rings. The van der Waals surface area contributed by atoms with Gasteiger partial charge in [-0.3, -0.25) is 9.69 Å². The number of hydrogen-bond donors (Lipinski definition) is 1. The van der Waals surface area contributed by atoms with Crippen LogP contribution in [0.2, 0.25) is 5.02 Å². The maximum Gasteiger partial charge on any atom is 0.266 e. The summed E-state index contributed by atoms with van der Waals surface area (Å²) >= 11 is 12.7. The van der Waals surface area contributed by atoms with Crippen molar-refractivity contribution < 1.29 is 14.6 Å². The average Bonchev–Trinajstić information content (AvgIpc) is 2.92. The van der Waals surface area contributed by atoms with Crippen molar-refractivity contribution in [2.75, 3.05) is 13.7 Å². The number of thioether (sulfide) groups is 1. The number of ether oxygens (including phenoxy) is 1. The molecular formula is C20H18ClNO3S2. The van der Waals surface area contributed by atoms with Gasteiger partial charge in [0, 0.05) is 6.54 Å². The molecule has 1 aliphatic heterocycles. The van der Waals surface area contributed by atoms with E-state index in [-0.39, 0.29) is 22.4 Å². The van der Waals surface area contributed by atoms with Crippen molar-refractivity contribution in [3.63, 3.8) is 0 Å². The van der Waals surface area contributed by atoms with Crippen LogP contribution in [0.5, 0.6) is 11.5 Å². The second kappa shape index (κ2) is 8.78. The average molecular weight is 420 g/mol. The summed E-state index contributed by atoms with van der Waals surface area (Å²) in [5, 5.41) is 10.00. The number of hydrogen-bond acceptors (Lipinski definition) is 5. The van der Waals surface area contributed by atoms with Gasteiger partial charge in [-0.15, -0.1) is 0 Å². The first-order valence-corrected chi connectivity index (χ1v) is 9.95. The van der Waals surface area contributed by atoms with Gasteiger partial charge in [0.1, 0.15) is 4.32 Å². The van der Waals surface area contributed by atoms with Crippen LogP contribution in [0, 0.1) is 0 Å². The van der Waals surface area contributed by atoms with Gasteiger partial charge < -0.3 is 9.84 Å². The van der Waals surface area contributed by atoms with E-state index in [1.165, 1.54) is 24.4 Å². The van der Waals surface area contributed by atoms with E-state index in [2.05, 4.69) is 12.1 Å². The van der Waals surface area contributed by atoms with Crippen LogP contribution in [0.3, 0.4) is 0 Å². The number of rotatable bonds is 6. The molecule has 1 N–H and O–H groups in total. The van der Waals surface area contributed by atoms with Crippen LogP contribution in [-0.4, -0.2) is 33.9 Å². The van der Waals surface area contributed by atoms with Gasteiger partial charge in [-0.1, -0.05) is 65.9 Å². The van der Waals surface area contributed by atoms with Gasteiger partial charge in [0.2, 0.25) is 0 Å². The molecule has 7 heteroatoms. The predicted molar refractivity (Wildman–Crippen MR) is 114 cm³/mol. The third kappa shape index (κ3) is 4.64. The Bertz CT molecular complexity index is 900. The lowest BCUT2D eigenvalue weighted by Gasteiger charge is -2.14. The van der Waals surface area contributed by atoms with E-state index >= 15 is 0 Å². The van der Waals surface area contributed by atoms with E-state index in [4.69, 9.17) is 28.6 Å². The number of phenolic OH excluding ortho intramolecular Hbond substituents is 1. The number of benzene rings is 2. The summed E-state index contributed by atoms with van der Waals surface area (Å²) in [5.74, 6) is 0.0260. The quantitative estimate of drug-likeness (QED) is 0.533. The first-order valence-electron chi connectivity index (χ1n) is 8.35. The predicted octanol–water partition coefficient (Wildman–Crippen LogP) is 4.89. The molecule has 2 aromatic rings. The highest BCUT2D eigenvalue weighted by molar-refractivity contribution is 8.26. The molecule has 1 heterocycles. The number of aromatic hydroxyl groups is 1. The molecule has 1 saturated heterocycles. The van der Waals surface area contributed by atoms with Crippen molar-refractivity contribution in [3.05, 3.63) is 63.5 Å². The molecule has 1 amide bonds. The third-order valence-corrected chi connectivity index (χ3v) is 5.80. The molecule has 0 bridgehead atoms. The van der Waals surface area contributed by atoms with Crippen LogP contribution < -0.4 is 4.74 Å². The number of amides is 1. The van der Waals surface area contributed by atoms with Gasteiger partial charge in [-0.2, -0.15) is 0 Å². The van der Waals surface area contributed by atoms with E-state index in [0.717, 1.165) is 12.8 Å². The van der Waals surface area contributed by atoms with Gasteiger partial charge in [0.05, 0.1) is 17.0 Å². The second-order valence-electron chi connectivity index (χ2n) is 5.98. The summed E-state index contributed by atoms with van der Waals surface area (Å²) in [6, 6.07) is 13.4. The minimum absolute atomic E-state index is 0.110. The zero-order valence-corrected chi connectivity index (χ0v) is 17.0. The van der Waals surface area contributed by atoms with Crippen LogP contribution in [0.15, 0.2) is 47.4 Å². The number of nitrogens with zero attached hydrogens (tertiary/aromatic N) is 1. The largest absolute Gasteiger partial charge is 0.503 e. The second-order valence-corrected chi connectivity index (χ2v) is 8.06. The van der Waals surface area contributed by atoms with E-state index < -0.39 is 0 Å². The Morgan fingerprint density at radius 3 is 2.74 bits per heavy atom. The lowest BCUT2D eigenvalue weighted by Crippen LogP contribution is -2.29. The fourth-order valence-corrected chi connectivity index (χ4v) is 4.29. The number of halogens is 1. The molecule has 0 spiro atoms. The van der Waals surface area contributed by atoms with Gasteiger partial charge in [0.15, 0.2) is 11.5 Å². The number of aryl methyl sites for hydroxylation is 1. The number of carbonyl (C=O) groups is 1. The smallest absolute Gasteiger partial charge is 0.266 e. The van der Waals surface area contributed by atoms with E-state index in [9.17, 15) is 9.90 Å². The third-order valence-electron chi connectivity index (χ3n) is 4.13. The lowest BCUT2D eigenvalue weighted by atomic mass is 10.1. The Kier molecular flexibility index (Phi) is 6.42. The summed E-state index contributed by atoms with van der Waals surface area (Å²) in [4.78, 5) is 14.9. The van der Waals surface area contributed by atoms with Gasteiger partial charge in [-0.25, -0.2) is 0 Å². The SMILES string of the molecule is COc1cc(/C=C2\SC(=S)N(CCCc3ccccc3)C2=O)cc(Cl)c1O. The van der Waals surface area contributed by atoms with E-state index in [1.807, 2.05) is 18.2 Å². The van der Waals surface area contributed by atoms with Crippen LogP contribution in [0.25, 0.3) is 6.08 Å². The number of thiocarbonyl (C=S) groups is 1. The molecule has 0 atom stereocenters. The summed E-state index contributed by atoms with van der Waals surface area (Å²) in [5.41, 5.74) is 1.91. The molecule has 0 saturated carbocycles. The molecular weight excluding hydrogens is 402 g/mol. The van der Waals surface area contributed by atoms with Crippen molar-refractivity contribution in [2.45, 2.75) is 12.8 Å². The molecule has 4 nitrogen and oxygen atoms in total. The minimum Gasteiger partial charge on any atom is -0.503 e. The van der Waals surface area contributed by atoms with Crippen molar-refractivity contribution in [1.29, 1.82) is 0 Å². The van der Waals surface area contributed by atoms with Crippen molar-refractivity contribution in [1.82, 2.24) is 4.90 Å². The normalized spacial score (nSPS) is 15.6. The first-order chi connectivity index (χ1) is 13.0. The van der Waals surface area contributed by atoms with Crippen LogP contribution in [0.1, 0.15) is 17.5 Å². The maximum absolute atomic E-state index is 12.7. The minimum atomic E-state index is -0.121. The Balaban J connectivity index is 1.70. The van der Waals surface area contributed by atoms with E-state index in [1.54, 1.807) is 23.1 Å². The van der Waals surface area contributed by atoms with Gasteiger partial charge in [0.25, 0.3) is 5.91 Å². The zero-order valence-electron chi connectivity index (χ0n) is 14.6. The lowest BCUT2D eigenvalue weighted by molar-refractivity contribution is -0.122. The summed E-state index contributed by atoms with van der Waals surface area (Å²) in [6.45, 7) is 0.580. The number of carbonyl (C=O) groups excluding carboxylic acids is 1. The Hall–Kier alpha value is -2.02. The molecule has 0 aromatic heterocycles.